The molecular formula is C23H36N4O3S. The molecule has 1 aliphatic carbocycles. The van der Waals surface area contributed by atoms with Crippen LogP contribution in [0.3, 0.4) is 0 Å². The predicted molar refractivity (Wildman–Crippen MR) is 124 cm³/mol. The maximum absolute atomic E-state index is 12.7. The summed E-state index contributed by atoms with van der Waals surface area (Å²) in [5.41, 5.74) is 0.223. The van der Waals surface area contributed by atoms with Gasteiger partial charge < -0.3 is 15.0 Å². The van der Waals surface area contributed by atoms with Crippen LogP contribution in [0.4, 0.5) is 4.79 Å². The summed E-state index contributed by atoms with van der Waals surface area (Å²) in [6, 6.07) is 3.70. The van der Waals surface area contributed by atoms with Crippen molar-refractivity contribution in [1.82, 2.24) is 20.1 Å². The van der Waals surface area contributed by atoms with Gasteiger partial charge in [0.15, 0.2) is 0 Å². The largest absolute Gasteiger partial charge is 0.444 e. The molecule has 2 amide bonds. The molecule has 2 aliphatic rings. The Kier molecular flexibility index (Phi) is 8.60. The van der Waals surface area contributed by atoms with Gasteiger partial charge in [-0.3, -0.25) is 9.69 Å². The number of thioether (sulfide) groups is 1. The summed E-state index contributed by atoms with van der Waals surface area (Å²) in [7, 11) is 0. The lowest BCUT2D eigenvalue weighted by atomic mass is 10.2. The molecule has 1 saturated carbocycles. The third-order valence-electron chi connectivity index (χ3n) is 5.56. The number of pyridine rings is 1. The van der Waals surface area contributed by atoms with Gasteiger partial charge in [-0.2, -0.15) is 0 Å². The Morgan fingerprint density at radius 2 is 1.90 bits per heavy atom. The van der Waals surface area contributed by atoms with E-state index in [0.29, 0.717) is 30.4 Å². The number of aromatic nitrogens is 1. The van der Waals surface area contributed by atoms with Crippen LogP contribution in [0.2, 0.25) is 0 Å². The van der Waals surface area contributed by atoms with E-state index in [-0.39, 0.29) is 12.0 Å². The van der Waals surface area contributed by atoms with Crippen LogP contribution >= 0.6 is 11.8 Å². The van der Waals surface area contributed by atoms with Crippen molar-refractivity contribution in [3.05, 3.63) is 23.9 Å². The predicted octanol–water partition coefficient (Wildman–Crippen LogP) is 3.79. The second-order valence-corrected chi connectivity index (χ2v) is 10.6. The summed E-state index contributed by atoms with van der Waals surface area (Å²) in [5, 5.41) is 4.49. The Morgan fingerprint density at radius 3 is 2.58 bits per heavy atom. The fourth-order valence-corrected chi connectivity index (χ4v) is 5.20. The molecule has 8 heteroatoms. The lowest BCUT2D eigenvalue weighted by Crippen LogP contribution is -2.50. The third-order valence-corrected chi connectivity index (χ3v) is 6.91. The first-order valence-electron chi connectivity index (χ1n) is 11.4. The quantitative estimate of drug-likeness (QED) is 0.640. The van der Waals surface area contributed by atoms with Gasteiger partial charge >= 0.3 is 6.09 Å². The molecule has 0 aromatic carbocycles. The topological polar surface area (TPSA) is 74.8 Å². The molecule has 1 aromatic heterocycles. The number of hydrogen-bond donors (Lipinski definition) is 1. The van der Waals surface area contributed by atoms with Crippen molar-refractivity contribution in [2.24, 2.45) is 0 Å². The second kappa shape index (κ2) is 11.2. The van der Waals surface area contributed by atoms with Crippen molar-refractivity contribution in [2.45, 2.75) is 68.8 Å². The van der Waals surface area contributed by atoms with Crippen LogP contribution < -0.4 is 5.32 Å². The zero-order chi connectivity index (χ0) is 22.3. The van der Waals surface area contributed by atoms with E-state index in [1.54, 1.807) is 22.9 Å². The first kappa shape index (κ1) is 23.9. The van der Waals surface area contributed by atoms with Gasteiger partial charge in [-0.15, -0.1) is 11.8 Å². The van der Waals surface area contributed by atoms with Crippen LogP contribution in [-0.4, -0.2) is 76.9 Å². The van der Waals surface area contributed by atoms with Crippen molar-refractivity contribution >= 4 is 23.8 Å². The number of ether oxygens (including phenoxy) is 1. The summed E-state index contributed by atoms with van der Waals surface area (Å²) >= 11 is 1.75. The van der Waals surface area contributed by atoms with E-state index < -0.39 is 5.60 Å². The summed E-state index contributed by atoms with van der Waals surface area (Å²) in [5.74, 6) is -0.0386. The van der Waals surface area contributed by atoms with Gasteiger partial charge in [0, 0.05) is 44.2 Å². The van der Waals surface area contributed by atoms with Crippen LogP contribution in [0.1, 0.15) is 63.2 Å². The van der Waals surface area contributed by atoms with Crippen molar-refractivity contribution in [3.63, 3.8) is 0 Å². The van der Waals surface area contributed by atoms with E-state index in [4.69, 9.17) is 4.74 Å². The Labute approximate surface area is 190 Å². The maximum Gasteiger partial charge on any atom is 0.410 e. The SMILES string of the molecule is CC(C)(C)OC(=O)N1CCN(CCCNC(=O)c2cccnc2SC2CCCC2)CC1. The number of nitrogens with zero attached hydrogens (tertiary/aromatic N) is 3. The Hall–Kier alpha value is -1.80. The van der Waals surface area contributed by atoms with Crippen LogP contribution in [0.25, 0.3) is 0 Å². The molecule has 0 radical (unpaired) electrons. The highest BCUT2D eigenvalue weighted by atomic mass is 32.2. The minimum Gasteiger partial charge on any atom is -0.444 e. The molecule has 7 nitrogen and oxygen atoms in total. The fourth-order valence-electron chi connectivity index (χ4n) is 3.90. The smallest absolute Gasteiger partial charge is 0.410 e. The van der Waals surface area contributed by atoms with E-state index in [9.17, 15) is 9.59 Å². The molecule has 0 bridgehead atoms. The molecule has 0 spiro atoms. The van der Waals surface area contributed by atoms with Gasteiger partial charge in [0.1, 0.15) is 10.6 Å². The zero-order valence-electron chi connectivity index (χ0n) is 19.1. The maximum atomic E-state index is 12.7. The molecular weight excluding hydrogens is 412 g/mol. The van der Waals surface area contributed by atoms with Gasteiger partial charge in [0.2, 0.25) is 0 Å². The molecule has 31 heavy (non-hydrogen) atoms. The first-order valence-corrected chi connectivity index (χ1v) is 12.3. The van der Waals surface area contributed by atoms with Crippen molar-refractivity contribution < 1.29 is 14.3 Å². The Bertz CT molecular complexity index is 739. The highest BCUT2D eigenvalue weighted by Crippen LogP contribution is 2.35. The lowest BCUT2D eigenvalue weighted by molar-refractivity contribution is 0.0144. The standard InChI is InChI=1S/C23H36N4O3S/c1-23(2,3)30-22(29)27-16-14-26(15-17-27)13-7-12-24-20(28)19-10-6-11-25-21(19)31-18-8-4-5-9-18/h6,10-11,18H,4-5,7-9,12-17H2,1-3H3,(H,24,28). The van der Waals surface area contributed by atoms with Gasteiger partial charge in [-0.05, 0) is 58.7 Å². The fraction of sp³-hybridized carbons (Fsp3) is 0.696. The molecule has 0 unspecified atom stereocenters. The number of carbonyl (C=O) groups excluding carboxylic acids is 2. The number of nitrogens with one attached hydrogen (secondary N) is 1. The molecule has 3 rings (SSSR count). The Balaban J connectivity index is 1.36. The van der Waals surface area contributed by atoms with Crippen molar-refractivity contribution in [1.29, 1.82) is 0 Å². The summed E-state index contributed by atoms with van der Waals surface area (Å²) in [6.45, 7) is 10.2. The normalized spacial score (nSPS) is 18.2. The van der Waals surface area contributed by atoms with Crippen molar-refractivity contribution in [2.75, 3.05) is 39.3 Å². The number of carbonyl (C=O) groups is 2. The highest BCUT2D eigenvalue weighted by Gasteiger charge is 2.25. The highest BCUT2D eigenvalue weighted by molar-refractivity contribution is 7.99. The van der Waals surface area contributed by atoms with Crippen LogP contribution in [0.15, 0.2) is 23.4 Å². The number of rotatable bonds is 7. The van der Waals surface area contributed by atoms with Crippen LogP contribution in [0, 0.1) is 0 Å². The number of hydrogen-bond acceptors (Lipinski definition) is 6. The van der Waals surface area contributed by atoms with Crippen LogP contribution in [-0.2, 0) is 4.74 Å². The molecule has 0 atom stereocenters. The minimum atomic E-state index is -0.462. The van der Waals surface area contributed by atoms with Gasteiger partial charge in [0.05, 0.1) is 5.56 Å². The lowest BCUT2D eigenvalue weighted by Gasteiger charge is -2.35. The minimum absolute atomic E-state index is 0.0386. The van der Waals surface area contributed by atoms with Crippen molar-refractivity contribution in [3.8, 4) is 0 Å². The second-order valence-electron chi connectivity index (χ2n) is 9.30. The molecule has 1 aliphatic heterocycles. The van der Waals surface area contributed by atoms with E-state index in [1.807, 2.05) is 32.9 Å². The Morgan fingerprint density at radius 1 is 1.19 bits per heavy atom. The molecule has 1 N–H and O–H groups in total. The molecule has 1 saturated heterocycles. The average Bonchev–Trinajstić information content (AvgIpc) is 3.24. The molecule has 2 fully saturated rings. The average molecular weight is 449 g/mol. The van der Waals surface area contributed by atoms with Gasteiger partial charge in [-0.1, -0.05) is 12.8 Å². The van der Waals surface area contributed by atoms with Gasteiger partial charge in [-0.25, -0.2) is 9.78 Å². The van der Waals surface area contributed by atoms with Gasteiger partial charge in [0.25, 0.3) is 5.91 Å². The molecule has 2 heterocycles. The summed E-state index contributed by atoms with van der Waals surface area (Å²) in [6.07, 6.45) is 7.39. The monoisotopic (exact) mass is 448 g/mol. The zero-order valence-corrected chi connectivity index (χ0v) is 19.9. The molecule has 172 valence electrons. The van der Waals surface area contributed by atoms with Crippen LogP contribution in [0.5, 0.6) is 0 Å². The third kappa shape index (κ3) is 7.68. The van der Waals surface area contributed by atoms with E-state index in [2.05, 4.69) is 15.2 Å². The van der Waals surface area contributed by atoms with E-state index >= 15 is 0 Å². The van der Waals surface area contributed by atoms with E-state index in [0.717, 1.165) is 31.1 Å². The van der Waals surface area contributed by atoms with E-state index in [1.165, 1.54) is 25.7 Å². The number of amides is 2. The number of piperazine rings is 1. The summed E-state index contributed by atoms with van der Waals surface area (Å²) < 4.78 is 5.44. The summed E-state index contributed by atoms with van der Waals surface area (Å²) in [4.78, 5) is 33.4. The molecule has 1 aromatic rings. The first-order chi connectivity index (χ1) is 14.8.